The lowest BCUT2D eigenvalue weighted by Crippen LogP contribution is -2.35. The zero-order chi connectivity index (χ0) is 19.9. The van der Waals surface area contributed by atoms with Crippen molar-refractivity contribution in [2.24, 2.45) is 0 Å². The molecule has 0 fully saturated rings. The summed E-state index contributed by atoms with van der Waals surface area (Å²) in [7, 11) is 0. The van der Waals surface area contributed by atoms with Crippen molar-refractivity contribution in [2.75, 3.05) is 4.90 Å². The van der Waals surface area contributed by atoms with Gasteiger partial charge in [0.15, 0.2) is 0 Å². The van der Waals surface area contributed by atoms with Gasteiger partial charge in [-0.2, -0.15) is 0 Å². The van der Waals surface area contributed by atoms with E-state index < -0.39 is 17.5 Å². The van der Waals surface area contributed by atoms with Gasteiger partial charge in [-0.15, -0.1) is 0 Å². The van der Waals surface area contributed by atoms with Crippen LogP contribution in [0.2, 0.25) is 0 Å². The highest BCUT2D eigenvalue weighted by atomic mass is 19.1. The van der Waals surface area contributed by atoms with Crippen molar-refractivity contribution in [1.29, 1.82) is 0 Å². The number of nitrogens with zero attached hydrogens (tertiary/aromatic N) is 1. The van der Waals surface area contributed by atoms with Gasteiger partial charge in [0, 0.05) is 11.6 Å². The second kappa shape index (κ2) is 6.60. The number of fused-ring (bicyclic) bond motifs is 2. The first-order chi connectivity index (χ1) is 13.4. The lowest BCUT2D eigenvalue weighted by Gasteiger charge is -2.20. The number of carbonyl (C=O) groups excluding carboxylic acids is 1. The maximum absolute atomic E-state index is 15.3. The molecule has 0 aliphatic carbocycles. The third-order valence-corrected chi connectivity index (χ3v) is 5.05. The van der Waals surface area contributed by atoms with Crippen molar-refractivity contribution in [3.8, 4) is 0 Å². The standard InChI is InChI=1S/C23H18FNO3/c1-23(24)19-8-4-7-17(11-12-20(26)27)21(19)25(22(23)28)14-15-9-10-16-5-2-3-6-18(16)13-15/h2-13H,14H2,1H3,(H,26,27). The van der Waals surface area contributed by atoms with Gasteiger partial charge in [0.05, 0.1) is 12.2 Å². The van der Waals surface area contributed by atoms with E-state index in [1.54, 1.807) is 18.2 Å². The third kappa shape index (κ3) is 2.95. The van der Waals surface area contributed by atoms with Gasteiger partial charge >= 0.3 is 5.97 Å². The number of halogens is 1. The van der Waals surface area contributed by atoms with Crippen LogP contribution in [0, 0.1) is 0 Å². The average Bonchev–Trinajstić information content (AvgIpc) is 2.87. The molecular weight excluding hydrogens is 357 g/mol. The molecule has 1 heterocycles. The van der Waals surface area contributed by atoms with E-state index in [0.717, 1.165) is 22.4 Å². The lowest BCUT2D eigenvalue weighted by atomic mass is 9.97. The molecule has 0 spiro atoms. The second-order valence-electron chi connectivity index (χ2n) is 6.99. The van der Waals surface area contributed by atoms with Crippen LogP contribution in [0.1, 0.15) is 23.6 Å². The number of para-hydroxylation sites is 1. The lowest BCUT2D eigenvalue weighted by molar-refractivity contribution is -0.131. The van der Waals surface area contributed by atoms with Gasteiger partial charge in [-0.05, 0) is 41.0 Å². The topological polar surface area (TPSA) is 57.6 Å². The number of hydrogen-bond acceptors (Lipinski definition) is 2. The molecule has 3 aromatic rings. The van der Waals surface area contributed by atoms with Crippen LogP contribution < -0.4 is 4.90 Å². The summed E-state index contributed by atoms with van der Waals surface area (Å²) in [6.45, 7) is 1.45. The average molecular weight is 375 g/mol. The molecular formula is C23H18FNO3. The molecule has 0 saturated carbocycles. The zero-order valence-electron chi connectivity index (χ0n) is 15.2. The van der Waals surface area contributed by atoms with E-state index in [1.807, 2.05) is 42.5 Å². The van der Waals surface area contributed by atoms with Crippen LogP contribution in [-0.4, -0.2) is 17.0 Å². The molecule has 1 N–H and O–H groups in total. The van der Waals surface area contributed by atoms with E-state index in [9.17, 15) is 9.59 Å². The van der Waals surface area contributed by atoms with E-state index >= 15 is 4.39 Å². The minimum absolute atomic E-state index is 0.202. The number of carbonyl (C=O) groups is 2. The summed E-state index contributed by atoms with van der Waals surface area (Å²) in [4.78, 5) is 25.2. The predicted molar refractivity (Wildman–Crippen MR) is 107 cm³/mol. The summed E-state index contributed by atoms with van der Waals surface area (Å²) >= 11 is 0. The summed E-state index contributed by atoms with van der Waals surface area (Å²) in [6.07, 6.45) is 2.38. The van der Waals surface area contributed by atoms with E-state index in [0.29, 0.717) is 11.3 Å². The number of hydrogen-bond donors (Lipinski definition) is 1. The van der Waals surface area contributed by atoms with Crippen LogP contribution in [0.15, 0.2) is 66.7 Å². The van der Waals surface area contributed by atoms with Gasteiger partial charge in [0.25, 0.3) is 5.91 Å². The molecule has 1 amide bonds. The first-order valence-electron chi connectivity index (χ1n) is 8.91. The fraction of sp³-hybridized carbons (Fsp3) is 0.130. The third-order valence-electron chi connectivity index (χ3n) is 5.05. The monoisotopic (exact) mass is 375 g/mol. The fourth-order valence-electron chi connectivity index (χ4n) is 3.68. The smallest absolute Gasteiger partial charge is 0.328 e. The van der Waals surface area contributed by atoms with Crippen LogP contribution in [-0.2, 0) is 21.8 Å². The van der Waals surface area contributed by atoms with Crippen LogP contribution in [0.5, 0.6) is 0 Å². The molecule has 4 nitrogen and oxygen atoms in total. The molecule has 0 bridgehead atoms. The van der Waals surface area contributed by atoms with Gasteiger partial charge < -0.3 is 10.0 Å². The number of carboxylic acids is 1. The van der Waals surface area contributed by atoms with Crippen molar-refractivity contribution in [3.63, 3.8) is 0 Å². The molecule has 1 aliphatic rings. The van der Waals surface area contributed by atoms with Crippen molar-refractivity contribution >= 4 is 34.4 Å². The molecule has 0 saturated heterocycles. The maximum Gasteiger partial charge on any atom is 0.328 e. The quantitative estimate of drug-likeness (QED) is 0.674. The second-order valence-corrected chi connectivity index (χ2v) is 6.99. The van der Waals surface area contributed by atoms with Crippen LogP contribution in [0.3, 0.4) is 0 Å². The number of carboxylic acid groups (broad SMARTS) is 1. The largest absolute Gasteiger partial charge is 0.478 e. The molecule has 1 unspecified atom stereocenters. The van der Waals surface area contributed by atoms with Gasteiger partial charge in [0.1, 0.15) is 0 Å². The highest BCUT2D eigenvalue weighted by Gasteiger charge is 2.48. The first kappa shape index (κ1) is 17.9. The minimum atomic E-state index is -2.15. The Balaban J connectivity index is 1.79. The fourth-order valence-corrected chi connectivity index (χ4v) is 3.68. The number of rotatable bonds is 4. The van der Waals surface area contributed by atoms with Gasteiger partial charge in [0.2, 0.25) is 5.67 Å². The Bertz CT molecular complexity index is 1130. The van der Waals surface area contributed by atoms with Crippen molar-refractivity contribution in [2.45, 2.75) is 19.1 Å². The Morgan fingerprint density at radius 3 is 2.61 bits per heavy atom. The van der Waals surface area contributed by atoms with Crippen molar-refractivity contribution in [3.05, 3.63) is 83.4 Å². The Kier molecular flexibility index (Phi) is 4.23. The molecule has 0 radical (unpaired) electrons. The first-order valence-corrected chi connectivity index (χ1v) is 8.91. The molecule has 0 aromatic heterocycles. The molecule has 1 atom stereocenters. The molecule has 1 aliphatic heterocycles. The Morgan fingerprint density at radius 2 is 1.86 bits per heavy atom. The van der Waals surface area contributed by atoms with Crippen molar-refractivity contribution in [1.82, 2.24) is 0 Å². The van der Waals surface area contributed by atoms with Crippen LogP contribution >= 0.6 is 0 Å². The Hall–Kier alpha value is -3.47. The normalized spacial score (nSPS) is 18.8. The van der Waals surface area contributed by atoms with Gasteiger partial charge in [-0.25, -0.2) is 9.18 Å². The van der Waals surface area contributed by atoms with E-state index in [1.165, 1.54) is 17.9 Å². The SMILES string of the molecule is CC1(F)C(=O)N(Cc2ccc3ccccc3c2)c2c(C=CC(=O)O)cccc21. The Morgan fingerprint density at radius 1 is 1.11 bits per heavy atom. The number of amides is 1. The summed E-state index contributed by atoms with van der Waals surface area (Å²) in [5.41, 5.74) is -0.115. The maximum atomic E-state index is 15.3. The molecule has 4 rings (SSSR count). The number of alkyl halides is 1. The predicted octanol–water partition coefficient (Wildman–Crippen LogP) is 4.67. The van der Waals surface area contributed by atoms with Gasteiger partial charge in [-0.3, -0.25) is 4.79 Å². The highest BCUT2D eigenvalue weighted by molar-refractivity contribution is 6.08. The molecule has 3 aromatic carbocycles. The summed E-state index contributed by atoms with van der Waals surface area (Å²) in [5, 5.41) is 11.1. The van der Waals surface area contributed by atoms with E-state index in [-0.39, 0.29) is 12.1 Å². The van der Waals surface area contributed by atoms with Crippen LogP contribution in [0.25, 0.3) is 16.8 Å². The summed E-state index contributed by atoms with van der Waals surface area (Å²) in [5.74, 6) is -1.75. The van der Waals surface area contributed by atoms with Crippen molar-refractivity contribution < 1.29 is 19.1 Å². The van der Waals surface area contributed by atoms with Crippen LogP contribution in [0.4, 0.5) is 10.1 Å². The minimum Gasteiger partial charge on any atom is -0.478 e. The molecule has 5 heteroatoms. The number of aliphatic carboxylic acids is 1. The number of anilines is 1. The molecule has 28 heavy (non-hydrogen) atoms. The van der Waals surface area contributed by atoms with E-state index in [2.05, 4.69) is 0 Å². The van der Waals surface area contributed by atoms with Gasteiger partial charge in [-0.1, -0.05) is 54.6 Å². The van der Waals surface area contributed by atoms with E-state index in [4.69, 9.17) is 5.11 Å². The highest BCUT2D eigenvalue weighted by Crippen LogP contribution is 2.45. The Labute approximate surface area is 161 Å². The zero-order valence-corrected chi connectivity index (χ0v) is 15.2. The summed E-state index contributed by atoms with van der Waals surface area (Å²) in [6, 6.07) is 18.6. The number of benzene rings is 3. The molecule has 140 valence electrons. The summed E-state index contributed by atoms with van der Waals surface area (Å²) < 4.78 is 15.3.